The summed E-state index contributed by atoms with van der Waals surface area (Å²) >= 11 is 3.35. The van der Waals surface area contributed by atoms with Crippen LogP contribution >= 0.6 is 15.9 Å². The molecule has 4 rings (SSSR count). The van der Waals surface area contributed by atoms with Crippen LogP contribution in [0.5, 0.6) is 5.75 Å². The first-order valence-electron chi connectivity index (χ1n) is 12.7. The summed E-state index contributed by atoms with van der Waals surface area (Å²) < 4.78 is 32.3. The molecule has 0 atom stereocenters. The van der Waals surface area contributed by atoms with Gasteiger partial charge in [0.25, 0.3) is 15.9 Å². The molecule has 2 amide bonds. The Labute approximate surface area is 242 Å². The van der Waals surface area contributed by atoms with Crippen LogP contribution in [0, 0.1) is 0 Å². The van der Waals surface area contributed by atoms with Gasteiger partial charge in [0, 0.05) is 37.1 Å². The Kier molecular flexibility index (Phi) is 8.89. The second kappa shape index (κ2) is 12.2. The number of amides is 2. The Morgan fingerprint density at radius 2 is 1.77 bits per heavy atom. The summed E-state index contributed by atoms with van der Waals surface area (Å²) in [4.78, 5) is 26.9. The van der Waals surface area contributed by atoms with Gasteiger partial charge in [0.2, 0.25) is 5.91 Å². The average Bonchev–Trinajstić information content (AvgIpc) is 3.10. The highest BCUT2D eigenvalue weighted by Gasteiger charge is 2.40. The van der Waals surface area contributed by atoms with E-state index in [1.165, 1.54) is 19.1 Å². The standard InChI is InChI=1S/C28H30BrN5O5S/c1-5-12-33(17-19-10-8-7-9-11-19)25-15-23(30-18(3)35)24(16-26(25)39-4)32-31-22-13-20-27(14-21(22)29)40(37,38)34(6-2)28(20)36/h7-11,13-16H,5-6,12,17H2,1-4H3,(H,30,35). The molecule has 12 heteroatoms. The highest BCUT2D eigenvalue weighted by Crippen LogP contribution is 2.42. The molecular weight excluding hydrogens is 598 g/mol. The maximum atomic E-state index is 12.7. The van der Waals surface area contributed by atoms with Gasteiger partial charge in [0.1, 0.15) is 22.0 Å². The number of fused-ring (bicyclic) bond motifs is 1. The molecule has 0 unspecified atom stereocenters. The Hall–Kier alpha value is -3.77. The van der Waals surface area contributed by atoms with Crippen molar-refractivity contribution >= 4 is 60.5 Å². The van der Waals surface area contributed by atoms with Gasteiger partial charge in [-0.3, -0.25) is 9.59 Å². The molecule has 1 aliphatic rings. The Morgan fingerprint density at radius 3 is 2.40 bits per heavy atom. The Balaban J connectivity index is 1.76. The van der Waals surface area contributed by atoms with E-state index in [1.807, 2.05) is 18.2 Å². The van der Waals surface area contributed by atoms with E-state index in [-0.39, 0.29) is 28.6 Å². The van der Waals surface area contributed by atoms with E-state index in [1.54, 1.807) is 26.2 Å². The highest BCUT2D eigenvalue weighted by molar-refractivity contribution is 9.10. The van der Waals surface area contributed by atoms with Gasteiger partial charge in [-0.05, 0) is 53.0 Å². The Bertz CT molecular complexity index is 1580. The summed E-state index contributed by atoms with van der Waals surface area (Å²) in [6, 6.07) is 16.3. The first kappa shape index (κ1) is 29.2. The van der Waals surface area contributed by atoms with Gasteiger partial charge in [-0.25, -0.2) is 12.7 Å². The van der Waals surface area contributed by atoms with E-state index in [0.29, 0.717) is 28.1 Å². The SMILES string of the molecule is CCCN(Cc1ccccc1)c1cc(NC(C)=O)c(N=Nc2cc3c(cc2Br)S(=O)(=O)N(CC)C3=O)cc1OC. The van der Waals surface area contributed by atoms with Crippen LogP contribution in [0.25, 0.3) is 0 Å². The van der Waals surface area contributed by atoms with Crippen molar-refractivity contribution in [3.05, 3.63) is 70.2 Å². The summed E-state index contributed by atoms with van der Waals surface area (Å²) in [6.45, 7) is 6.50. The number of rotatable bonds is 10. The number of nitrogens with one attached hydrogen (secondary N) is 1. The van der Waals surface area contributed by atoms with Crippen molar-refractivity contribution in [2.24, 2.45) is 10.2 Å². The number of carbonyl (C=O) groups excluding carboxylic acids is 2. The number of halogens is 1. The fourth-order valence-electron chi connectivity index (χ4n) is 4.48. The lowest BCUT2D eigenvalue weighted by molar-refractivity contribution is -0.114. The monoisotopic (exact) mass is 627 g/mol. The number of benzene rings is 3. The molecule has 0 saturated heterocycles. The predicted octanol–water partition coefficient (Wildman–Crippen LogP) is 6.41. The van der Waals surface area contributed by atoms with Crippen molar-refractivity contribution in [1.29, 1.82) is 0 Å². The molecule has 3 aromatic rings. The molecule has 0 bridgehead atoms. The zero-order valence-electron chi connectivity index (χ0n) is 22.6. The molecule has 3 aromatic carbocycles. The maximum absolute atomic E-state index is 12.7. The maximum Gasteiger partial charge on any atom is 0.269 e. The summed E-state index contributed by atoms with van der Waals surface area (Å²) in [5, 5.41) is 11.5. The minimum absolute atomic E-state index is 0.0237. The number of ether oxygens (including phenoxy) is 1. The van der Waals surface area contributed by atoms with Gasteiger partial charge >= 0.3 is 0 Å². The lowest BCUT2D eigenvalue weighted by Crippen LogP contribution is -2.29. The van der Waals surface area contributed by atoms with Crippen LogP contribution in [0.3, 0.4) is 0 Å². The molecule has 1 heterocycles. The molecule has 0 spiro atoms. The second-order valence-corrected chi connectivity index (χ2v) is 11.8. The average molecular weight is 629 g/mol. The van der Waals surface area contributed by atoms with Crippen LogP contribution in [-0.4, -0.2) is 44.7 Å². The van der Waals surface area contributed by atoms with Crippen LogP contribution in [-0.2, 0) is 21.4 Å². The van der Waals surface area contributed by atoms with Gasteiger partial charge in [0.15, 0.2) is 0 Å². The molecule has 1 N–H and O–H groups in total. The fraction of sp³-hybridized carbons (Fsp3) is 0.286. The number of azo groups is 1. The van der Waals surface area contributed by atoms with E-state index in [9.17, 15) is 18.0 Å². The van der Waals surface area contributed by atoms with E-state index in [4.69, 9.17) is 4.74 Å². The summed E-state index contributed by atoms with van der Waals surface area (Å²) in [5.74, 6) is -0.354. The van der Waals surface area contributed by atoms with Crippen molar-refractivity contribution in [3.63, 3.8) is 0 Å². The van der Waals surface area contributed by atoms with Gasteiger partial charge in [-0.15, -0.1) is 10.2 Å². The number of hydrogen-bond donors (Lipinski definition) is 1. The van der Waals surface area contributed by atoms with Gasteiger partial charge in [-0.1, -0.05) is 37.3 Å². The van der Waals surface area contributed by atoms with Crippen LogP contribution in [0.2, 0.25) is 0 Å². The summed E-state index contributed by atoms with van der Waals surface area (Å²) in [6.07, 6.45) is 0.892. The van der Waals surface area contributed by atoms with Crippen molar-refractivity contribution in [2.75, 3.05) is 30.4 Å². The number of sulfonamides is 1. The largest absolute Gasteiger partial charge is 0.494 e. The van der Waals surface area contributed by atoms with Crippen LogP contribution in [0.1, 0.15) is 43.1 Å². The number of methoxy groups -OCH3 is 1. The van der Waals surface area contributed by atoms with Gasteiger partial charge in [0.05, 0.1) is 24.0 Å². The first-order chi connectivity index (χ1) is 19.1. The lowest BCUT2D eigenvalue weighted by atomic mass is 10.1. The third kappa shape index (κ3) is 5.87. The first-order valence-corrected chi connectivity index (χ1v) is 14.9. The van der Waals surface area contributed by atoms with E-state index in [2.05, 4.69) is 55.4 Å². The van der Waals surface area contributed by atoms with Crippen LogP contribution in [0.15, 0.2) is 74.2 Å². The molecule has 210 valence electrons. The lowest BCUT2D eigenvalue weighted by Gasteiger charge is -2.27. The smallest absolute Gasteiger partial charge is 0.269 e. The van der Waals surface area contributed by atoms with Crippen molar-refractivity contribution in [3.8, 4) is 5.75 Å². The van der Waals surface area contributed by atoms with Crippen molar-refractivity contribution < 1.29 is 22.7 Å². The number of carbonyl (C=O) groups is 2. The third-order valence-electron chi connectivity index (χ3n) is 6.29. The summed E-state index contributed by atoms with van der Waals surface area (Å²) in [5.41, 5.74) is 2.95. The quantitative estimate of drug-likeness (QED) is 0.259. The molecule has 0 radical (unpaired) electrons. The van der Waals surface area contributed by atoms with Crippen molar-refractivity contribution in [2.45, 2.75) is 38.6 Å². The normalized spacial score (nSPS) is 13.9. The molecule has 0 saturated carbocycles. The zero-order valence-corrected chi connectivity index (χ0v) is 25.0. The molecule has 1 aliphatic heterocycles. The van der Waals surface area contributed by atoms with Gasteiger partial charge in [-0.2, -0.15) is 0 Å². The van der Waals surface area contributed by atoms with E-state index in [0.717, 1.165) is 28.5 Å². The minimum Gasteiger partial charge on any atom is -0.494 e. The van der Waals surface area contributed by atoms with Crippen LogP contribution < -0.4 is 15.0 Å². The number of nitrogens with zero attached hydrogens (tertiary/aromatic N) is 4. The molecule has 0 fully saturated rings. The number of anilines is 2. The van der Waals surface area contributed by atoms with E-state index < -0.39 is 15.9 Å². The van der Waals surface area contributed by atoms with Gasteiger partial charge < -0.3 is 15.0 Å². The zero-order chi connectivity index (χ0) is 29.0. The topological polar surface area (TPSA) is 121 Å². The van der Waals surface area contributed by atoms with Crippen LogP contribution in [0.4, 0.5) is 22.7 Å². The third-order valence-corrected chi connectivity index (χ3v) is 8.82. The molecular formula is C28H30BrN5O5S. The minimum atomic E-state index is -3.91. The fourth-order valence-corrected chi connectivity index (χ4v) is 6.64. The molecule has 0 aromatic heterocycles. The van der Waals surface area contributed by atoms with Crippen molar-refractivity contribution in [1.82, 2.24) is 4.31 Å². The molecule has 10 nitrogen and oxygen atoms in total. The predicted molar refractivity (Wildman–Crippen MR) is 157 cm³/mol. The van der Waals surface area contributed by atoms with E-state index >= 15 is 0 Å². The highest BCUT2D eigenvalue weighted by atomic mass is 79.9. The molecule has 40 heavy (non-hydrogen) atoms. The second-order valence-electron chi connectivity index (χ2n) is 9.10. The summed E-state index contributed by atoms with van der Waals surface area (Å²) in [7, 11) is -2.35. The number of hydrogen-bond acceptors (Lipinski definition) is 8. The molecule has 0 aliphatic carbocycles. The Morgan fingerprint density at radius 1 is 1.07 bits per heavy atom.